The summed E-state index contributed by atoms with van der Waals surface area (Å²) in [6, 6.07) is 8.86. The number of phosphoric ester groups is 1. The van der Waals surface area contributed by atoms with E-state index < -0.39 is 48.4 Å². The molecule has 0 aromatic heterocycles. The quantitative estimate of drug-likeness (QED) is 0.368. The van der Waals surface area contributed by atoms with Gasteiger partial charge in [0.25, 0.3) is 0 Å². The second kappa shape index (κ2) is 8.28. The largest absolute Gasteiger partial charge is 0.490 e. The minimum Gasteiger partial charge on any atom is -0.390 e. The molecule has 0 amide bonds. The predicted octanol–water partition coefficient (Wildman–Crippen LogP) is 1.22. The number of benzene rings is 1. The number of rotatable bonds is 8. The SMILES string of the molecule is O=P(O)(O)OP(=O)(O)OP(=O)(O)OC[C@H]1O[C@@H](c2ccccc2)C[C@@H]1O. The summed E-state index contributed by atoms with van der Waals surface area (Å²) in [5, 5.41) is 9.95. The first-order chi connectivity index (χ1) is 11.9. The van der Waals surface area contributed by atoms with Crippen molar-refractivity contribution in [1.82, 2.24) is 0 Å². The molecular formula is C11H17O12P3. The molecule has 1 saturated heterocycles. The van der Waals surface area contributed by atoms with E-state index in [2.05, 4.69) is 13.1 Å². The highest BCUT2D eigenvalue weighted by atomic mass is 31.3. The lowest BCUT2D eigenvalue weighted by Crippen LogP contribution is -2.26. The number of aliphatic hydroxyl groups is 1. The van der Waals surface area contributed by atoms with Gasteiger partial charge in [-0.15, -0.1) is 0 Å². The van der Waals surface area contributed by atoms with Gasteiger partial charge >= 0.3 is 23.5 Å². The zero-order valence-corrected chi connectivity index (χ0v) is 15.7. The molecule has 2 rings (SSSR count). The van der Waals surface area contributed by atoms with Gasteiger partial charge in [-0.3, -0.25) is 4.52 Å². The van der Waals surface area contributed by atoms with E-state index in [9.17, 15) is 23.7 Å². The maximum Gasteiger partial charge on any atom is 0.490 e. The summed E-state index contributed by atoms with van der Waals surface area (Å²) >= 11 is 0. The first-order valence-corrected chi connectivity index (χ1v) is 11.6. The zero-order chi connectivity index (χ0) is 19.6. The molecule has 15 heteroatoms. The van der Waals surface area contributed by atoms with Crippen LogP contribution in [0, 0.1) is 0 Å². The Morgan fingerprint density at radius 3 is 2.19 bits per heavy atom. The molecule has 0 aliphatic carbocycles. The Labute approximate surface area is 147 Å². The lowest BCUT2D eigenvalue weighted by molar-refractivity contribution is -0.0220. The summed E-state index contributed by atoms with van der Waals surface area (Å²) in [5.41, 5.74) is 0.771. The number of ether oxygens (including phenoxy) is 1. The van der Waals surface area contributed by atoms with Crippen LogP contribution >= 0.6 is 23.5 Å². The molecule has 1 aromatic rings. The van der Waals surface area contributed by atoms with E-state index >= 15 is 0 Å². The van der Waals surface area contributed by atoms with E-state index in [0.717, 1.165) is 5.56 Å². The normalized spacial score (nSPS) is 28.4. The summed E-state index contributed by atoms with van der Waals surface area (Å²) in [6.45, 7) is -0.686. The minimum absolute atomic E-state index is 0.189. The van der Waals surface area contributed by atoms with Crippen molar-refractivity contribution in [3.05, 3.63) is 35.9 Å². The highest BCUT2D eigenvalue weighted by Crippen LogP contribution is 2.66. The maximum atomic E-state index is 11.6. The lowest BCUT2D eigenvalue weighted by atomic mass is 10.1. The van der Waals surface area contributed by atoms with Crippen molar-refractivity contribution in [3.8, 4) is 0 Å². The van der Waals surface area contributed by atoms with Crippen LogP contribution in [0.1, 0.15) is 18.1 Å². The van der Waals surface area contributed by atoms with Crippen LogP contribution in [-0.4, -0.2) is 43.5 Å². The Bertz CT molecular complexity index is 748. The molecule has 2 unspecified atom stereocenters. The van der Waals surface area contributed by atoms with Crippen molar-refractivity contribution in [2.45, 2.75) is 24.7 Å². The number of hydrogen-bond acceptors (Lipinski definition) is 8. The topological polar surface area (TPSA) is 189 Å². The molecule has 5 atom stereocenters. The Hall–Kier alpha value is -0.450. The molecule has 1 aromatic carbocycles. The van der Waals surface area contributed by atoms with Gasteiger partial charge in [0, 0.05) is 6.42 Å². The molecule has 1 heterocycles. The molecule has 0 saturated carbocycles. The molecule has 0 radical (unpaired) electrons. The van der Waals surface area contributed by atoms with E-state index in [1.165, 1.54) is 0 Å². The van der Waals surface area contributed by atoms with Gasteiger partial charge in [-0.25, -0.2) is 13.7 Å². The fraction of sp³-hybridized carbons (Fsp3) is 0.455. The maximum absolute atomic E-state index is 11.6. The summed E-state index contributed by atoms with van der Waals surface area (Å²) < 4.78 is 50.5. The first-order valence-electron chi connectivity index (χ1n) is 7.04. The van der Waals surface area contributed by atoms with E-state index in [4.69, 9.17) is 19.4 Å². The van der Waals surface area contributed by atoms with Crippen LogP contribution in [-0.2, 0) is 31.6 Å². The summed E-state index contributed by atoms with van der Waals surface area (Å²) in [7, 11) is -16.3. The number of hydrogen-bond donors (Lipinski definition) is 5. The smallest absolute Gasteiger partial charge is 0.390 e. The van der Waals surface area contributed by atoms with E-state index in [0.29, 0.717) is 0 Å². The van der Waals surface area contributed by atoms with Crippen LogP contribution < -0.4 is 0 Å². The third-order valence-electron chi connectivity index (χ3n) is 3.21. The molecule has 148 valence electrons. The van der Waals surface area contributed by atoms with Crippen LogP contribution in [0.2, 0.25) is 0 Å². The average molecular weight is 434 g/mol. The van der Waals surface area contributed by atoms with Gasteiger partial charge in [0.05, 0.1) is 18.8 Å². The molecule has 5 N–H and O–H groups in total. The van der Waals surface area contributed by atoms with Gasteiger partial charge in [0.15, 0.2) is 0 Å². The van der Waals surface area contributed by atoms with E-state index in [1.807, 2.05) is 0 Å². The van der Waals surface area contributed by atoms with Gasteiger partial charge < -0.3 is 29.4 Å². The van der Waals surface area contributed by atoms with Crippen molar-refractivity contribution in [2.75, 3.05) is 6.61 Å². The van der Waals surface area contributed by atoms with Crippen molar-refractivity contribution in [2.24, 2.45) is 0 Å². The molecule has 12 nitrogen and oxygen atoms in total. The van der Waals surface area contributed by atoms with Gasteiger partial charge in [-0.1, -0.05) is 30.3 Å². The van der Waals surface area contributed by atoms with Gasteiger partial charge in [0.2, 0.25) is 0 Å². The summed E-state index contributed by atoms with van der Waals surface area (Å²) in [5.74, 6) is 0. The molecule has 1 fully saturated rings. The molecular weight excluding hydrogens is 417 g/mol. The monoisotopic (exact) mass is 434 g/mol. The fourth-order valence-electron chi connectivity index (χ4n) is 2.23. The first kappa shape index (κ1) is 21.8. The van der Waals surface area contributed by atoms with Gasteiger partial charge in [0.1, 0.15) is 6.10 Å². The predicted molar refractivity (Wildman–Crippen MR) is 84.5 cm³/mol. The van der Waals surface area contributed by atoms with Gasteiger partial charge in [-0.2, -0.15) is 8.62 Å². The molecule has 26 heavy (non-hydrogen) atoms. The van der Waals surface area contributed by atoms with E-state index in [1.54, 1.807) is 30.3 Å². The Kier molecular flexibility index (Phi) is 6.96. The van der Waals surface area contributed by atoms with Crippen LogP contribution in [0.3, 0.4) is 0 Å². The Morgan fingerprint density at radius 2 is 1.62 bits per heavy atom. The van der Waals surface area contributed by atoms with Crippen molar-refractivity contribution >= 4 is 23.5 Å². The van der Waals surface area contributed by atoms with Crippen LogP contribution in [0.4, 0.5) is 0 Å². The van der Waals surface area contributed by atoms with E-state index in [-0.39, 0.29) is 6.42 Å². The standard InChI is InChI=1S/C11H17O12P3/c12-9-6-10(8-4-2-1-3-5-8)21-11(9)7-20-25(16,17)23-26(18,19)22-24(13,14)15/h1-5,9-12H,6-7H2,(H,16,17)(H,18,19)(H2,13,14,15)/t9-,10+,11+/m0/s1. The van der Waals surface area contributed by atoms with Crippen LogP contribution in [0.5, 0.6) is 0 Å². The third-order valence-corrected chi connectivity index (χ3v) is 7.02. The average Bonchev–Trinajstić information content (AvgIpc) is 2.84. The van der Waals surface area contributed by atoms with Crippen LogP contribution in [0.25, 0.3) is 0 Å². The molecule has 1 aliphatic heterocycles. The highest BCUT2D eigenvalue weighted by Gasteiger charge is 2.42. The number of aliphatic hydroxyl groups excluding tert-OH is 1. The fourth-order valence-corrected chi connectivity index (χ4v) is 5.26. The highest BCUT2D eigenvalue weighted by molar-refractivity contribution is 7.66. The minimum atomic E-state index is -5.58. The Morgan fingerprint density at radius 1 is 1.00 bits per heavy atom. The third kappa shape index (κ3) is 6.94. The van der Waals surface area contributed by atoms with Crippen LogP contribution in [0.15, 0.2) is 30.3 Å². The van der Waals surface area contributed by atoms with Crippen molar-refractivity contribution in [1.29, 1.82) is 0 Å². The zero-order valence-electron chi connectivity index (χ0n) is 13.0. The Balaban J connectivity index is 1.92. The van der Waals surface area contributed by atoms with Crippen molar-refractivity contribution < 1.29 is 56.3 Å². The summed E-state index contributed by atoms with van der Waals surface area (Å²) in [4.78, 5) is 35.3. The summed E-state index contributed by atoms with van der Waals surface area (Å²) in [6.07, 6.45) is -2.38. The van der Waals surface area contributed by atoms with Crippen molar-refractivity contribution in [3.63, 3.8) is 0 Å². The molecule has 1 aliphatic rings. The van der Waals surface area contributed by atoms with Gasteiger partial charge in [-0.05, 0) is 5.56 Å². The molecule has 0 bridgehead atoms. The lowest BCUT2D eigenvalue weighted by Gasteiger charge is -2.19. The second-order valence-corrected chi connectivity index (χ2v) is 9.68. The second-order valence-electron chi connectivity index (χ2n) is 5.26. The number of phosphoric acid groups is 3. The molecule has 0 spiro atoms.